The van der Waals surface area contributed by atoms with Gasteiger partial charge in [0.2, 0.25) is 0 Å². The van der Waals surface area contributed by atoms with Crippen LogP contribution in [0.3, 0.4) is 0 Å². The monoisotopic (exact) mass is 267 g/mol. The summed E-state index contributed by atoms with van der Waals surface area (Å²) in [5, 5.41) is 0. The number of aromatic nitrogens is 2. The van der Waals surface area contributed by atoms with Crippen molar-refractivity contribution in [1.29, 1.82) is 0 Å². The van der Waals surface area contributed by atoms with Crippen LogP contribution >= 0.6 is 15.9 Å². The van der Waals surface area contributed by atoms with Gasteiger partial charge in [-0.15, -0.1) is 0 Å². The SMILES string of the molecule is Fc1cc(Br)cnc1[N-][n+]1ccccc1. The Bertz CT molecular complexity index is 461. The normalized spacial score (nSPS) is 10.0. The molecule has 0 unspecified atom stereocenters. The molecule has 0 N–H and O–H groups in total. The minimum absolute atomic E-state index is 0.0643. The van der Waals surface area contributed by atoms with Crippen molar-refractivity contribution in [2.75, 3.05) is 0 Å². The summed E-state index contributed by atoms with van der Waals surface area (Å²) in [6.07, 6.45) is 4.93. The van der Waals surface area contributed by atoms with Crippen LogP contribution in [0.1, 0.15) is 0 Å². The van der Waals surface area contributed by atoms with Gasteiger partial charge in [-0.05, 0) is 6.07 Å². The average Bonchev–Trinajstić information content (AvgIpc) is 2.24. The van der Waals surface area contributed by atoms with Crippen LogP contribution in [0.4, 0.5) is 10.2 Å². The van der Waals surface area contributed by atoms with Crippen molar-refractivity contribution < 1.29 is 9.07 Å². The summed E-state index contributed by atoms with van der Waals surface area (Å²) in [7, 11) is 0. The van der Waals surface area contributed by atoms with E-state index in [1.54, 1.807) is 24.5 Å². The van der Waals surface area contributed by atoms with Crippen molar-refractivity contribution in [2.24, 2.45) is 0 Å². The van der Waals surface area contributed by atoms with Crippen LogP contribution in [0.25, 0.3) is 5.43 Å². The Labute approximate surface area is 94.7 Å². The molecule has 0 amide bonds. The second kappa shape index (κ2) is 4.35. The van der Waals surface area contributed by atoms with Crippen molar-refractivity contribution in [2.45, 2.75) is 0 Å². The molecule has 0 aromatic carbocycles. The van der Waals surface area contributed by atoms with Crippen molar-refractivity contribution in [3.05, 3.63) is 58.6 Å². The van der Waals surface area contributed by atoms with Crippen LogP contribution in [0.2, 0.25) is 0 Å². The van der Waals surface area contributed by atoms with Gasteiger partial charge in [-0.2, -0.15) is 10.1 Å². The largest absolute Gasteiger partial charge is 0.435 e. The maximum absolute atomic E-state index is 13.3. The van der Waals surface area contributed by atoms with E-state index >= 15 is 0 Å². The Morgan fingerprint density at radius 3 is 2.67 bits per heavy atom. The third-order valence-electron chi connectivity index (χ3n) is 1.70. The van der Waals surface area contributed by atoms with Crippen LogP contribution in [0.15, 0.2) is 47.3 Å². The van der Waals surface area contributed by atoms with Crippen LogP contribution in [0.5, 0.6) is 0 Å². The highest BCUT2D eigenvalue weighted by Gasteiger charge is 1.99. The lowest BCUT2D eigenvalue weighted by Gasteiger charge is -2.09. The Kier molecular flexibility index (Phi) is 2.91. The van der Waals surface area contributed by atoms with Gasteiger partial charge >= 0.3 is 0 Å². The summed E-state index contributed by atoms with van der Waals surface area (Å²) >= 11 is 3.13. The predicted octanol–water partition coefficient (Wildman–Crippen LogP) is 2.74. The molecule has 0 bridgehead atoms. The van der Waals surface area contributed by atoms with Crippen LogP contribution in [-0.4, -0.2) is 4.98 Å². The van der Waals surface area contributed by atoms with E-state index in [1.165, 1.54) is 16.9 Å². The molecule has 0 aliphatic rings. The minimum atomic E-state index is -0.458. The molecule has 0 aliphatic heterocycles. The van der Waals surface area contributed by atoms with E-state index in [-0.39, 0.29) is 5.82 Å². The zero-order chi connectivity index (χ0) is 10.7. The summed E-state index contributed by atoms with van der Waals surface area (Å²) in [4.78, 5) is 3.86. The van der Waals surface area contributed by atoms with Gasteiger partial charge in [-0.25, -0.2) is 4.39 Å². The quantitative estimate of drug-likeness (QED) is 0.770. The first-order chi connectivity index (χ1) is 7.25. The van der Waals surface area contributed by atoms with E-state index < -0.39 is 5.82 Å². The lowest BCUT2D eigenvalue weighted by atomic mass is 10.4. The first-order valence-corrected chi connectivity index (χ1v) is 5.04. The summed E-state index contributed by atoms with van der Waals surface area (Å²) in [6.45, 7) is 0. The fraction of sp³-hybridized carbons (Fsp3) is 0. The molecule has 5 heteroatoms. The Hall–Kier alpha value is -1.49. The lowest BCUT2D eigenvalue weighted by molar-refractivity contribution is -0.619. The molecule has 0 radical (unpaired) electrons. The van der Waals surface area contributed by atoms with Gasteiger partial charge in [0.15, 0.2) is 12.4 Å². The third kappa shape index (κ3) is 2.50. The molecule has 2 rings (SSSR count). The van der Waals surface area contributed by atoms with E-state index in [0.29, 0.717) is 4.47 Å². The Balaban J connectivity index is 2.25. The zero-order valence-corrected chi connectivity index (χ0v) is 9.23. The lowest BCUT2D eigenvalue weighted by Crippen LogP contribution is -2.26. The zero-order valence-electron chi connectivity index (χ0n) is 7.64. The molecule has 0 fully saturated rings. The molecule has 0 atom stereocenters. The number of rotatable bonds is 2. The van der Waals surface area contributed by atoms with Gasteiger partial charge in [0.25, 0.3) is 0 Å². The fourth-order valence-corrected chi connectivity index (χ4v) is 1.35. The van der Waals surface area contributed by atoms with Gasteiger partial charge in [0, 0.05) is 22.4 Å². The van der Waals surface area contributed by atoms with E-state index in [4.69, 9.17) is 0 Å². The van der Waals surface area contributed by atoms with Gasteiger partial charge in [-0.1, -0.05) is 28.2 Å². The highest BCUT2D eigenvalue weighted by molar-refractivity contribution is 9.10. The molecular formula is C10H7BrFN3. The molecule has 2 heterocycles. The number of nitrogens with zero attached hydrogens (tertiary/aromatic N) is 3. The van der Waals surface area contributed by atoms with Crippen LogP contribution in [-0.2, 0) is 0 Å². The molecule has 0 saturated heterocycles. The molecule has 2 aromatic heterocycles. The van der Waals surface area contributed by atoms with Gasteiger partial charge in [-0.3, -0.25) is 0 Å². The molecule has 15 heavy (non-hydrogen) atoms. The highest BCUT2D eigenvalue weighted by Crippen LogP contribution is 2.20. The van der Waals surface area contributed by atoms with E-state index in [0.717, 1.165) is 0 Å². The molecule has 3 nitrogen and oxygen atoms in total. The second-order valence-electron chi connectivity index (χ2n) is 2.81. The predicted molar refractivity (Wildman–Crippen MR) is 56.9 cm³/mol. The first kappa shape index (κ1) is 10.0. The van der Waals surface area contributed by atoms with Gasteiger partial charge < -0.3 is 4.98 Å². The third-order valence-corrected chi connectivity index (χ3v) is 2.13. The van der Waals surface area contributed by atoms with Crippen LogP contribution in [0, 0.1) is 5.82 Å². The molecular weight excluding hydrogens is 261 g/mol. The molecule has 76 valence electrons. The van der Waals surface area contributed by atoms with Gasteiger partial charge in [0.05, 0.1) is 0 Å². The van der Waals surface area contributed by atoms with E-state index in [9.17, 15) is 4.39 Å². The Morgan fingerprint density at radius 1 is 1.27 bits per heavy atom. The summed E-state index contributed by atoms with van der Waals surface area (Å²) in [6, 6.07) is 6.80. The maximum Gasteiger partial charge on any atom is 0.182 e. The summed E-state index contributed by atoms with van der Waals surface area (Å²) in [5.41, 5.74) is 3.99. The van der Waals surface area contributed by atoms with Crippen molar-refractivity contribution in [3.63, 3.8) is 0 Å². The summed E-state index contributed by atoms with van der Waals surface area (Å²) < 4.78 is 15.4. The fourth-order valence-electron chi connectivity index (χ4n) is 1.05. The topological polar surface area (TPSA) is 30.9 Å². The van der Waals surface area contributed by atoms with Crippen LogP contribution < -0.4 is 4.68 Å². The first-order valence-electron chi connectivity index (χ1n) is 4.25. The highest BCUT2D eigenvalue weighted by atomic mass is 79.9. The number of halogens is 2. The van der Waals surface area contributed by atoms with E-state index in [2.05, 4.69) is 26.3 Å². The van der Waals surface area contributed by atoms with Crippen molar-refractivity contribution in [1.82, 2.24) is 4.98 Å². The average molecular weight is 268 g/mol. The molecule has 0 aliphatic carbocycles. The smallest absolute Gasteiger partial charge is 0.182 e. The maximum atomic E-state index is 13.3. The number of pyridine rings is 2. The molecule has 2 aromatic rings. The van der Waals surface area contributed by atoms with Crippen molar-refractivity contribution in [3.8, 4) is 0 Å². The molecule has 0 spiro atoms. The minimum Gasteiger partial charge on any atom is -0.435 e. The van der Waals surface area contributed by atoms with Crippen molar-refractivity contribution >= 4 is 21.7 Å². The standard InChI is InChI=1S/C10H7BrFN3/c11-8-6-9(12)10(13-7-8)14-15-4-2-1-3-5-15/h1-7H. The number of hydrogen-bond acceptors (Lipinski definition) is 1. The molecule has 0 saturated carbocycles. The summed E-state index contributed by atoms with van der Waals surface area (Å²) in [5.74, 6) is -0.393. The second-order valence-corrected chi connectivity index (χ2v) is 3.73. The Morgan fingerprint density at radius 2 is 2.00 bits per heavy atom. The van der Waals surface area contributed by atoms with Gasteiger partial charge in [0.1, 0.15) is 5.82 Å². The van der Waals surface area contributed by atoms with E-state index in [1.807, 2.05) is 6.07 Å². The number of hydrogen-bond donors (Lipinski definition) is 0.